The van der Waals surface area contributed by atoms with E-state index in [1.165, 1.54) is 16.7 Å². The Labute approximate surface area is 235 Å². The van der Waals surface area contributed by atoms with Crippen molar-refractivity contribution in [3.63, 3.8) is 0 Å². The number of benzene rings is 2. The van der Waals surface area contributed by atoms with E-state index in [4.69, 9.17) is 0 Å². The lowest BCUT2D eigenvalue weighted by atomic mass is 9.95. The molecule has 0 saturated carbocycles. The number of thioether (sulfide) groups is 1. The molecule has 2 aromatic carbocycles. The second-order valence-corrected chi connectivity index (χ2v) is 12.5. The first kappa shape index (κ1) is 28.9. The largest absolute Gasteiger partial charge is 0.381 e. The summed E-state index contributed by atoms with van der Waals surface area (Å²) in [5.41, 5.74) is 3.69. The van der Waals surface area contributed by atoms with Crippen LogP contribution in [0.5, 0.6) is 0 Å². The van der Waals surface area contributed by atoms with Crippen molar-refractivity contribution in [1.29, 1.82) is 0 Å². The van der Waals surface area contributed by atoms with Crippen LogP contribution < -0.4 is 10.6 Å². The topological polar surface area (TPSA) is 98.7 Å². The van der Waals surface area contributed by atoms with Crippen molar-refractivity contribution < 1.29 is 19.5 Å². The van der Waals surface area contributed by atoms with Crippen LogP contribution in [0.25, 0.3) is 0 Å². The third-order valence-electron chi connectivity index (χ3n) is 7.62. The standard InChI is InChI=1S/C31H39N3O4S/c1-21-12-10-11-17-24(21)19-32-29(37)27-31(2,3)39-20-34(27)30(38)26(35)25(18-22-13-6-4-7-14-22)33-28(36)23-15-8-5-9-16-23/h4,6-7,10-15,17,25-27,35H,5,8-9,16,18-20H2,1-3H3,(H,32,37)(H,33,36)/t25?,26-,27+/m0/s1. The van der Waals surface area contributed by atoms with Gasteiger partial charge in [-0.1, -0.05) is 60.7 Å². The summed E-state index contributed by atoms with van der Waals surface area (Å²) in [5.74, 6) is -0.776. The summed E-state index contributed by atoms with van der Waals surface area (Å²) in [6, 6.07) is 15.7. The molecule has 2 aromatic rings. The molecule has 7 nitrogen and oxygen atoms in total. The quantitative estimate of drug-likeness (QED) is 0.441. The van der Waals surface area contributed by atoms with Crippen LogP contribution in [0, 0.1) is 6.92 Å². The Bertz CT molecular complexity index is 1210. The van der Waals surface area contributed by atoms with Crippen molar-refractivity contribution in [2.75, 3.05) is 5.88 Å². The molecule has 4 rings (SSSR count). The molecule has 1 heterocycles. The van der Waals surface area contributed by atoms with Gasteiger partial charge in [-0.25, -0.2) is 0 Å². The van der Waals surface area contributed by atoms with E-state index in [1.54, 1.807) is 0 Å². The van der Waals surface area contributed by atoms with Gasteiger partial charge in [0.1, 0.15) is 6.04 Å². The van der Waals surface area contributed by atoms with E-state index < -0.39 is 28.8 Å². The molecule has 1 aliphatic heterocycles. The van der Waals surface area contributed by atoms with E-state index in [1.807, 2.05) is 81.4 Å². The van der Waals surface area contributed by atoms with Crippen molar-refractivity contribution in [3.8, 4) is 0 Å². The van der Waals surface area contributed by atoms with Gasteiger partial charge in [0.2, 0.25) is 11.8 Å². The summed E-state index contributed by atoms with van der Waals surface area (Å²) < 4.78 is -0.545. The molecule has 208 valence electrons. The monoisotopic (exact) mass is 549 g/mol. The zero-order valence-electron chi connectivity index (χ0n) is 23.0. The molecular formula is C31H39N3O4S. The molecule has 0 spiro atoms. The predicted molar refractivity (Wildman–Crippen MR) is 155 cm³/mol. The summed E-state index contributed by atoms with van der Waals surface area (Å²) in [6.45, 7) is 6.23. The average Bonchev–Trinajstić information content (AvgIpc) is 3.27. The fourth-order valence-electron chi connectivity index (χ4n) is 5.26. The molecule has 3 atom stereocenters. The number of aliphatic hydroxyl groups is 1. The van der Waals surface area contributed by atoms with Crippen molar-refractivity contribution in [1.82, 2.24) is 15.5 Å². The van der Waals surface area contributed by atoms with Crippen LogP contribution >= 0.6 is 11.8 Å². The summed E-state index contributed by atoms with van der Waals surface area (Å²) in [6.07, 6.45) is 4.29. The number of nitrogens with one attached hydrogen (secondary N) is 2. The number of carbonyl (C=O) groups is 3. The van der Waals surface area contributed by atoms with Crippen LogP contribution in [0.4, 0.5) is 0 Å². The number of carbonyl (C=O) groups excluding carboxylic acids is 3. The van der Waals surface area contributed by atoms with Gasteiger partial charge >= 0.3 is 0 Å². The van der Waals surface area contributed by atoms with Crippen molar-refractivity contribution >= 4 is 29.5 Å². The fourth-order valence-corrected chi connectivity index (χ4v) is 6.40. The van der Waals surface area contributed by atoms with Gasteiger partial charge < -0.3 is 20.6 Å². The van der Waals surface area contributed by atoms with Gasteiger partial charge in [0.25, 0.3) is 5.91 Å². The number of rotatable bonds is 9. The van der Waals surface area contributed by atoms with Gasteiger partial charge in [0.05, 0.1) is 11.9 Å². The van der Waals surface area contributed by atoms with E-state index in [9.17, 15) is 19.5 Å². The summed E-state index contributed by atoms with van der Waals surface area (Å²) in [7, 11) is 0. The Kier molecular flexibility index (Phi) is 9.51. The molecular weight excluding hydrogens is 510 g/mol. The van der Waals surface area contributed by atoms with E-state index in [0.717, 1.165) is 36.0 Å². The molecule has 1 unspecified atom stereocenters. The lowest BCUT2D eigenvalue weighted by Crippen LogP contribution is -2.58. The number of aryl methyl sites for hydroxylation is 1. The Balaban J connectivity index is 1.52. The summed E-state index contributed by atoms with van der Waals surface area (Å²) in [5, 5.41) is 17.3. The van der Waals surface area contributed by atoms with Gasteiger partial charge in [-0.3, -0.25) is 14.4 Å². The van der Waals surface area contributed by atoms with Gasteiger partial charge in [-0.05, 0) is 69.6 Å². The lowest BCUT2D eigenvalue weighted by Gasteiger charge is -2.33. The molecule has 3 amide bonds. The average molecular weight is 550 g/mol. The number of nitrogens with zero attached hydrogens (tertiary/aromatic N) is 1. The van der Waals surface area contributed by atoms with Crippen LogP contribution in [0.1, 0.15) is 56.2 Å². The molecule has 2 aliphatic rings. The molecule has 1 aliphatic carbocycles. The zero-order chi connectivity index (χ0) is 28.0. The molecule has 0 aromatic heterocycles. The minimum absolute atomic E-state index is 0.244. The normalized spacial score (nSPS) is 20.1. The second-order valence-electron chi connectivity index (χ2n) is 10.9. The first-order chi connectivity index (χ1) is 18.7. The van der Waals surface area contributed by atoms with Crippen molar-refractivity contribution in [2.24, 2.45) is 0 Å². The summed E-state index contributed by atoms with van der Waals surface area (Å²) in [4.78, 5) is 41.8. The molecule has 0 radical (unpaired) electrons. The summed E-state index contributed by atoms with van der Waals surface area (Å²) >= 11 is 1.50. The Hall–Kier alpha value is -3.10. The first-order valence-electron chi connectivity index (χ1n) is 13.7. The number of amides is 3. The molecule has 0 bridgehead atoms. The third kappa shape index (κ3) is 7.11. The Morgan fingerprint density at radius 1 is 1.08 bits per heavy atom. The van der Waals surface area contributed by atoms with E-state index >= 15 is 0 Å². The van der Waals surface area contributed by atoms with Crippen molar-refractivity contribution in [2.45, 2.75) is 82.4 Å². The minimum Gasteiger partial charge on any atom is -0.381 e. The maximum absolute atomic E-state index is 13.8. The Morgan fingerprint density at radius 3 is 2.49 bits per heavy atom. The maximum Gasteiger partial charge on any atom is 0.254 e. The van der Waals surface area contributed by atoms with Crippen LogP contribution in [0.15, 0.2) is 66.2 Å². The third-order valence-corrected chi connectivity index (χ3v) is 9.00. The SMILES string of the molecule is Cc1ccccc1CNC(=O)[C@H]1N(C(=O)[C@@H](O)C(Cc2ccccc2)NC(=O)C2=CCCCC2)CSC1(C)C. The van der Waals surface area contributed by atoms with Crippen LogP contribution in [-0.4, -0.2) is 56.5 Å². The first-order valence-corrected chi connectivity index (χ1v) is 14.6. The number of hydrogen-bond acceptors (Lipinski definition) is 5. The van der Waals surface area contributed by atoms with Gasteiger partial charge in [0, 0.05) is 16.9 Å². The molecule has 1 saturated heterocycles. The van der Waals surface area contributed by atoms with Crippen LogP contribution in [-0.2, 0) is 27.3 Å². The van der Waals surface area contributed by atoms with Gasteiger partial charge in [-0.2, -0.15) is 0 Å². The van der Waals surface area contributed by atoms with Crippen molar-refractivity contribution in [3.05, 3.63) is 82.9 Å². The highest BCUT2D eigenvalue weighted by Crippen LogP contribution is 2.40. The van der Waals surface area contributed by atoms with E-state index in [-0.39, 0.29) is 17.7 Å². The minimum atomic E-state index is -1.50. The molecule has 39 heavy (non-hydrogen) atoms. The maximum atomic E-state index is 13.8. The van der Waals surface area contributed by atoms with E-state index in [0.29, 0.717) is 25.0 Å². The Morgan fingerprint density at radius 2 is 1.79 bits per heavy atom. The van der Waals surface area contributed by atoms with Gasteiger partial charge in [-0.15, -0.1) is 11.8 Å². The van der Waals surface area contributed by atoms with Crippen LogP contribution in [0.3, 0.4) is 0 Å². The number of aliphatic hydroxyl groups excluding tert-OH is 1. The highest BCUT2D eigenvalue weighted by atomic mass is 32.2. The predicted octanol–water partition coefficient (Wildman–Crippen LogP) is 3.88. The van der Waals surface area contributed by atoms with Gasteiger partial charge in [0.15, 0.2) is 6.10 Å². The van der Waals surface area contributed by atoms with Crippen LogP contribution in [0.2, 0.25) is 0 Å². The zero-order valence-corrected chi connectivity index (χ0v) is 23.8. The molecule has 3 N–H and O–H groups in total. The fraction of sp³-hybridized carbons (Fsp3) is 0.452. The van der Waals surface area contributed by atoms with E-state index in [2.05, 4.69) is 10.6 Å². The molecule has 8 heteroatoms. The second kappa shape index (κ2) is 12.8. The number of allylic oxidation sites excluding steroid dienone is 1. The lowest BCUT2D eigenvalue weighted by molar-refractivity contribution is -0.147. The molecule has 1 fully saturated rings. The number of hydrogen-bond donors (Lipinski definition) is 3. The smallest absolute Gasteiger partial charge is 0.254 e. The highest BCUT2D eigenvalue weighted by molar-refractivity contribution is 8.00. The highest BCUT2D eigenvalue weighted by Gasteiger charge is 2.49.